The summed E-state index contributed by atoms with van der Waals surface area (Å²) in [4.78, 5) is 21.4. The third-order valence-electron chi connectivity index (χ3n) is 5.95. The summed E-state index contributed by atoms with van der Waals surface area (Å²) in [6, 6.07) is 16.2. The molecule has 3 N–H and O–H groups in total. The van der Waals surface area contributed by atoms with E-state index in [0.29, 0.717) is 29.7 Å². The number of para-hydroxylation sites is 1. The molecule has 0 aliphatic carbocycles. The van der Waals surface area contributed by atoms with Gasteiger partial charge in [-0.05, 0) is 53.9 Å². The van der Waals surface area contributed by atoms with Crippen LogP contribution in [0.1, 0.15) is 0 Å². The molecule has 37 heavy (non-hydrogen) atoms. The number of rotatable bonds is 7. The molecule has 4 aromatic rings. The molecule has 1 saturated heterocycles. The predicted molar refractivity (Wildman–Crippen MR) is 138 cm³/mol. The van der Waals surface area contributed by atoms with Crippen LogP contribution in [-0.2, 0) is 14.6 Å². The average Bonchev–Trinajstić information content (AvgIpc) is 2.90. The maximum atomic E-state index is 13.2. The number of hydrogen-bond donors (Lipinski definition) is 3. The van der Waals surface area contributed by atoms with Gasteiger partial charge in [-0.2, -0.15) is 8.78 Å². The molecule has 2 aromatic heterocycles. The standard InChI is InChI=1S/C25H23F2N5O4S/c26-25(27)37(34,35)20-4-2-1-3-19(20)30-21-15-16-9-10-28-24(33)22(16)23(31-21)29-17-5-7-18(8-6-17)32-11-13-36-14-12-32/h1-10,15,25H,11-14H2,(H,28,33)(H2,29,30,31). The number of aromatic amines is 1. The van der Waals surface area contributed by atoms with Gasteiger partial charge in [0.2, 0.25) is 9.84 Å². The van der Waals surface area contributed by atoms with Crippen molar-refractivity contribution in [2.45, 2.75) is 10.7 Å². The van der Waals surface area contributed by atoms with Gasteiger partial charge in [0.05, 0.1) is 29.2 Å². The third-order valence-corrected chi connectivity index (χ3v) is 7.39. The molecule has 1 aliphatic heterocycles. The smallest absolute Gasteiger partial charge is 0.341 e. The van der Waals surface area contributed by atoms with Crippen molar-refractivity contribution in [1.29, 1.82) is 0 Å². The summed E-state index contributed by atoms with van der Waals surface area (Å²) < 4.78 is 56.2. The molecule has 1 fully saturated rings. The molecule has 9 nitrogen and oxygen atoms in total. The van der Waals surface area contributed by atoms with Crippen molar-refractivity contribution in [1.82, 2.24) is 9.97 Å². The summed E-state index contributed by atoms with van der Waals surface area (Å²) in [5.41, 5.74) is 1.29. The Morgan fingerprint density at radius 3 is 2.46 bits per heavy atom. The quantitative estimate of drug-likeness (QED) is 0.327. The fourth-order valence-corrected chi connectivity index (χ4v) is 5.02. The summed E-state index contributed by atoms with van der Waals surface area (Å²) in [7, 11) is -4.86. The molecule has 5 rings (SSSR count). The number of halogens is 2. The van der Waals surface area contributed by atoms with E-state index in [1.165, 1.54) is 24.4 Å². The lowest BCUT2D eigenvalue weighted by molar-refractivity contribution is 0.122. The number of ether oxygens (including phenoxy) is 1. The summed E-state index contributed by atoms with van der Waals surface area (Å²) in [6.07, 6.45) is 1.48. The van der Waals surface area contributed by atoms with Crippen LogP contribution in [0.5, 0.6) is 0 Å². The van der Waals surface area contributed by atoms with Crippen LogP contribution in [0.2, 0.25) is 0 Å². The maximum Gasteiger partial charge on any atom is 0.341 e. The highest BCUT2D eigenvalue weighted by molar-refractivity contribution is 7.91. The minimum absolute atomic E-state index is 0.0553. The highest BCUT2D eigenvalue weighted by Crippen LogP contribution is 2.31. The zero-order valence-corrected chi connectivity index (χ0v) is 20.3. The van der Waals surface area contributed by atoms with Gasteiger partial charge >= 0.3 is 5.76 Å². The average molecular weight is 528 g/mol. The number of H-pyrrole nitrogens is 1. The molecule has 3 heterocycles. The Morgan fingerprint density at radius 1 is 1.00 bits per heavy atom. The lowest BCUT2D eigenvalue weighted by Gasteiger charge is -2.28. The van der Waals surface area contributed by atoms with Gasteiger partial charge in [-0.25, -0.2) is 13.4 Å². The molecule has 0 spiro atoms. The van der Waals surface area contributed by atoms with E-state index in [0.717, 1.165) is 24.8 Å². The van der Waals surface area contributed by atoms with Crippen LogP contribution in [0.15, 0.2) is 76.6 Å². The van der Waals surface area contributed by atoms with Gasteiger partial charge in [-0.3, -0.25) is 4.79 Å². The first kappa shape index (κ1) is 24.7. The number of hydrogen-bond acceptors (Lipinski definition) is 8. The molecule has 1 aliphatic rings. The number of benzene rings is 2. The lowest BCUT2D eigenvalue weighted by Crippen LogP contribution is -2.36. The highest BCUT2D eigenvalue weighted by Gasteiger charge is 2.29. The molecular formula is C25H23F2N5O4S. The fourth-order valence-electron chi connectivity index (χ4n) is 4.13. The van der Waals surface area contributed by atoms with Gasteiger partial charge in [0.1, 0.15) is 11.6 Å². The number of pyridine rings is 2. The van der Waals surface area contributed by atoms with Gasteiger partial charge < -0.3 is 25.3 Å². The number of anilines is 5. The van der Waals surface area contributed by atoms with Crippen LogP contribution in [-0.4, -0.2) is 50.4 Å². The second-order valence-corrected chi connectivity index (χ2v) is 10.2. The van der Waals surface area contributed by atoms with Gasteiger partial charge in [-0.1, -0.05) is 12.1 Å². The zero-order chi connectivity index (χ0) is 26.0. The van der Waals surface area contributed by atoms with Crippen LogP contribution in [0.25, 0.3) is 10.8 Å². The number of morpholine rings is 1. The summed E-state index contributed by atoms with van der Waals surface area (Å²) in [6.45, 7) is 2.93. The topological polar surface area (TPSA) is 116 Å². The Kier molecular flexibility index (Phi) is 6.76. The molecule has 0 unspecified atom stereocenters. The van der Waals surface area contributed by atoms with Crippen molar-refractivity contribution < 1.29 is 21.9 Å². The van der Waals surface area contributed by atoms with Crippen molar-refractivity contribution in [2.75, 3.05) is 41.8 Å². The van der Waals surface area contributed by atoms with Crippen molar-refractivity contribution in [3.8, 4) is 0 Å². The Balaban J connectivity index is 1.50. The van der Waals surface area contributed by atoms with E-state index in [2.05, 4.69) is 25.5 Å². The molecule has 0 bridgehead atoms. The Hall–Kier alpha value is -4.03. The number of aromatic nitrogens is 2. The Morgan fingerprint density at radius 2 is 1.73 bits per heavy atom. The third kappa shape index (κ3) is 5.11. The van der Waals surface area contributed by atoms with Crippen LogP contribution in [0, 0.1) is 0 Å². The van der Waals surface area contributed by atoms with Crippen LogP contribution < -0.4 is 21.1 Å². The summed E-state index contributed by atoms with van der Waals surface area (Å²) in [5, 5.41) is 6.79. The Labute approximate surface area is 211 Å². The predicted octanol–water partition coefficient (Wildman–Crippen LogP) is 4.24. The first-order valence-electron chi connectivity index (χ1n) is 11.4. The number of sulfone groups is 1. The zero-order valence-electron chi connectivity index (χ0n) is 19.4. The van der Waals surface area contributed by atoms with Crippen LogP contribution in [0.3, 0.4) is 0 Å². The Bertz CT molecular complexity index is 1590. The lowest BCUT2D eigenvalue weighted by atomic mass is 10.2. The first-order valence-corrected chi connectivity index (χ1v) is 13.0. The number of fused-ring (bicyclic) bond motifs is 1. The van der Waals surface area contributed by atoms with Crippen molar-refractivity contribution in [2.24, 2.45) is 0 Å². The number of nitrogens with zero attached hydrogens (tertiary/aromatic N) is 2. The highest BCUT2D eigenvalue weighted by atomic mass is 32.2. The normalized spacial score (nSPS) is 14.2. The van der Waals surface area contributed by atoms with E-state index in [-0.39, 0.29) is 22.9 Å². The minimum Gasteiger partial charge on any atom is -0.378 e. The van der Waals surface area contributed by atoms with E-state index < -0.39 is 20.5 Å². The van der Waals surface area contributed by atoms with E-state index in [4.69, 9.17) is 4.74 Å². The molecule has 2 aromatic carbocycles. The SMILES string of the molecule is O=c1[nH]ccc2cc(Nc3ccccc3S(=O)(=O)C(F)F)nc(Nc3ccc(N4CCOCC4)cc3)c12. The molecule has 0 saturated carbocycles. The van der Waals surface area contributed by atoms with Crippen molar-refractivity contribution in [3.63, 3.8) is 0 Å². The van der Waals surface area contributed by atoms with E-state index in [1.807, 2.05) is 24.3 Å². The largest absolute Gasteiger partial charge is 0.378 e. The summed E-state index contributed by atoms with van der Waals surface area (Å²) in [5.74, 6) is -3.19. The maximum absolute atomic E-state index is 13.2. The number of nitrogens with one attached hydrogen (secondary N) is 3. The van der Waals surface area contributed by atoms with E-state index >= 15 is 0 Å². The second-order valence-electron chi connectivity index (χ2n) is 8.33. The molecule has 12 heteroatoms. The summed E-state index contributed by atoms with van der Waals surface area (Å²) >= 11 is 0. The van der Waals surface area contributed by atoms with Crippen molar-refractivity contribution in [3.05, 3.63) is 77.2 Å². The van der Waals surface area contributed by atoms with Crippen molar-refractivity contribution >= 4 is 49.3 Å². The number of alkyl halides is 2. The molecular weight excluding hydrogens is 504 g/mol. The molecule has 0 radical (unpaired) electrons. The fraction of sp³-hybridized carbons (Fsp3) is 0.200. The minimum atomic E-state index is -4.86. The second kappa shape index (κ2) is 10.1. The van der Waals surface area contributed by atoms with Gasteiger partial charge in [0, 0.05) is 30.7 Å². The van der Waals surface area contributed by atoms with Gasteiger partial charge in [0.25, 0.3) is 5.56 Å². The van der Waals surface area contributed by atoms with E-state index in [9.17, 15) is 22.0 Å². The van der Waals surface area contributed by atoms with Gasteiger partial charge in [-0.15, -0.1) is 0 Å². The molecule has 0 amide bonds. The van der Waals surface area contributed by atoms with E-state index in [1.54, 1.807) is 12.1 Å². The van der Waals surface area contributed by atoms with Crippen LogP contribution in [0.4, 0.5) is 37.5 Å². The van der Waals surface area contributed by atoms with Crippen LogP contribution >= 0.6 is 0 Å². The molecule has 192 valence electrons. The van der Waals surface area contributed by atoms with Gasteiger partial charge in [0.15, 0.2) is 0 Å². The first-order chi connectivity index (χ1) is 17.8. The monoisotopic (exact) mass is 527 g/mol. The molecule has 0 atom stereocenters.